The second-order valence-electron chi connectivity index (χ2n) is 14.1. The highest BCUT2D eigenvalue weighted by atomic mass is 35.5. The van der Waals surface area contributed by atoms with Gasteiger partial charge in [0.1, 0.15) is 18.1 Å². The van der Waals surface area contributed by atoms with E-state index in [1.54, 1.807) is 30.3 Å². The molecule has 10 nitrogen and oxygen atoms in total. The van der Waals surface area contributed by atoms with Crippen LogP contribution in [0, 0.1) is 29.0 Å². The van der Waals surface area contributed by atoms with Crippen LogP contribution in [0.3, 0.4) is 0 Å². The number of nitrogens with zero attached hydrogens (tertiary/aromatic N) is 6. The highest BCUT2D eigenvalue weighted by Gasteiger charge is 2.47. The van der Waals surface area contributed by atoms with E-state index >= 15 is 0 Å². The van der Waals surface area contributed by atoms with Gasteiger partial charge in [0.05, 0.1) is 28.8 Å². The molecule has 1 amide bonds. The van der Waals surface area contributed by atoms with E-state index in [-0.39, 0.29) is 54.4 Å². The Balaban J connectivity index is 1.37. The molecule has 2 aromatic heterocycles. The molecule has 0 bridgehead atoms. The Bertz CT molecular complexity index is 1930. The van der Waals surface area contributed by atoms with Crippen molar-refractivity contribution in [3.8, 4) is 11.5 Å². The number of guanidine groups is 1. The Morgan fingerprint density at radius 3 is 2.67 bits per heavy atom. The smallest absolute Gasteiger partial charge is 0.261 e. The second kappa shape index (κ2) is 13.3. The fraction of sp³-hybridized carbons (Fsp3) is 0.444. The van der Waals surface area contributed by atoms with Gasteiger partial charge in [0.25, 0.3) is 5.56 Å². The fourth-order valence-corrected chi connectivity index (χ4v) is 8.01. The van der Waals surface area contributed by atoms with Crippen molar-refractivity contribution < 1.29 is 9.18 Å². The average Bonchev–Trinajstić information content (AvgIpc) is 3.03. The molecule has 2 fully saturated rings. The maximum atomic E-state index is 14.6. The number of hydrogen-bond donors (Lipinski definition) is 2. The van der Waals surface area contributed by atoms with E-state index in [9.17, 15) is 14.0 Å². The van der Waals surface area contributed by atoms with Crippen molar-refractivity contribution in [2.75, 3.05) is 6.54 Å². The topological polar surface area (TPSA) is 131 Å². The molecule has 252 valence electrons. The van der Waals surface area contributed by atoms with Crippen molar-refractivity contribution >= 4 is 40.1 Å². The van der Waals surface area contributed by atoms with Crippen molar-refractivity contribution in [3.05, 3.63) is 81.7 Å². The summed E-state index contributed by atoms with van der Waals surface area (Å²) in [6.07, 6.45) is 7.03. The number of carbonyl (C=O) groups is 1. The molecule has 12 heteroatoms. The predicted molar refractivity (Wildman–Crippen MR) is 186 cm³/mol. The third-order valence-corrected chi connectivity index (χ3v) is 10.6. The highest BCUT2D eigenvalue weighted by molar-refractivity contribution is 6.30. The standard InChI is InChI=1S/C36H42ClFN8O2/c1-20-14-27(21(2)36(4,5)17-20)32-22(3)42-31(47)19-46(32)35(39)43-25-8-9-26-29(16-25)44-33(30-18-40-11-12-41-30)45(34(26)48)13-10-23-6-7-24(37)15-28(23)38/h6-9,11-12,15-16,18,20-22,27,32H,10,13-14,17,19H2,1-5H3,(H2,39,43)(H,42,47)/t20-,21-,22+,27?,32+/m1/s1. The molecular weight excluding hydrogens is 631 g/mol. The minimum atomic E-state index is -0.440. The predicted octanol–water partition coefficient (Wildman–Crippen LogP) is 5.73. The van der Waals surface area contributed by atoms with Gasteiger partial charge in [-0.05, 0) is 85.3 Å². The van der Waals surface area contributed by atoms with Crippen molar-refractivity contribution in [1.29, 1.82) is 0 Å². The van der Waals surface area contributed by atoms with Crippen molar-refractivity contribution in [3.63, 3.8) is 0 Å². The molecule has 0 spiro atoms. The summed E-state index contributed by atoms with van der Waals surface area (Å²) in [5.41, 5.74) is 8.32. The fourth-order valence-electron chi connectivity index (χ4n) is 7.85. The molecule has 4 aromatic rings. The number of nitrogens with one attached hydrogen (secondary N) is 1. The number of halogens is 2. The lowest BCUT2D eigenvalue weighted by molar-refractivity contribution is -0.127. The van der Waals surface area contributed by atoms with E-state index in [2.05, 4.69) is 43.0 Å². The number of aryl methyl sites for hydroxylation is 1. The molecule has 3 heterocycles. The van der Waals surface area contributed by atoms with Gasteiger partial charge in [0.2, 0.25) is 5.91 Å². The summed E-state index contributed by atoms with van der Waals surface area (Å²) in [5.74, 6) is 1.28. The summed E-state index contributed by atoms with van der Waals surface area (Å²) in [6, 6.07) is 9.46. The van der Waals surface area contributed by atoms with Crippen molar-refractivity contribution in [2.45, 2.75) is 72.5 Å². The second-order valence-corrected chi connectivity index (χ2v) is 14.5. The van der Waals surface area contributed by atoms with E-state index in [1.807, 2.05) is 11.8 Å². The van der Waals surface area contributed by atoms with Gasteiger partial charge < -0.3 is 16.0 Å². The summed E-state index contributed by atoms with van der Waals surface area (Å²) in [7, 11) is 0. The number of carbonyl (C=O) groups excluding carboxylic acids is 1. The molecule has 3 N–H and O–H groups in total. The first-order chi connectivity index (χ1) is 22.8. The minimum absolute atomic E-state index is 0.0250. The molecule has 2 aromatic carbocycles. The van der Waals surface area contributed by atoms with Crippen LogP contribution in [0.15, 0.2) is 64.8 Å². The van der Waals surface area contributed by atoms with Gasteiger partial charge in [-0.3, -0.25) is 19.1 Å². The molecular formula is C36H42ClFN8O2. The maximum Gasteiger partial charge on any atom is 0.261 e. The van der Waals surface area contributed by atoms with Gasteiger partial charge in [-0.2, -0.15) is 0 Å². The molecule has 1 aliphatic heterocycles. The summed E-state index contributed by atoms with van der Waals surface area (Å²) >= 11 is 5.94. The Labute approximate surface area is 284 Å². The van der Waals surface area contributed by atoms with Crippen molar-refractivity contribution in [1.82, 2.24) is 29.7 Å². The van der Waals surface area contributed by atoms with Crippen LogP contribution in [0.5, 0.6) is 0 Å². The maximum absolute atomic E-state index is 14.6. The van der Waals surface area contributed by atoms with E-state index in [1.165, 1.54) is 29.2 Å². The number of hydrogen-bond acceptors (Lipinski definition) is 6. The van der Waals surface area contributed by atoms with Crippen LogP contribution >= 0.6 is 11.6 Å². The number of fused-ring (bicyclic) bond motifs is 1. The highest BCUT2D eigenvalue weighted by Crippen LogP contribution is 2.49. The number of benzene rings is 2. The van der Waals surface area contributed by atoms with Crippen LogP contribution in [-0.2, 0) is 17.8 Å². The number of rotatable bonds is 6. The van der Waals surface area contributed by atoms with E-state index in [0.29, 0.717) is 56.4 Å². The van der Waals surface area contributed by atoms with Gasteiger partial charge in [0, 0.05) is 30.0 Å². The molecule has 1 saturated carbocycles. The minimum Gasteiger partial charge on any atom is -0.369 e. The quantitative estimate of drug-likeness (QED) is 0.198. The van der Waals surface area contributed by atoms with Gasteiger partial charge in [0.15, 0.2) is 11.8 Å². The lowest BCUT2D eigenvalue weighted by atomic mass is 9.58. The van der Waals surface area contributed by atoms with Gasteiger partial charge in [-0.25, -0.2) is 19.4 Å². The zero-order chi connectivity index (χ0) is 34.3. The number of piperazine rings is 1. The van der Waals surface area contributed by atoms with Crippen LogP contribution in [-0.4, -0.2) is 54.9 Å². The summed E-state index contributed by atoms with van der Waals surface area (Å²) in [6.45, 7) is 11.6. The zero-order valence-corrected chi connectivity index (χ0v) is 28.7. The van der Waals surface area contributed by atoms with Crippen LogP contribution in [0.1, 0.15) is 53.0 Å². The third-order valence-electron chi connectivity index (χ3n) is 10.3. The largest absolute Gasteiger partial charge is 0.369 e. The third kappa shape index (κ3) is 6.65. The lowest BCUT2D eigenvalue weighted by Crippen LogP contribution is -2.66. The van der Waals surface area contributed by atoms with Gasteiger partial charge >= 0.3 is 0 Å². The molecule has 6 rings (SSSR count). The molecule has 0 radical (unpaired) electrons. The van der Waals surface area contributed by atoms with Crippen LogP contribution in [0.4, 0.5) is 10.1 Å². The van der Waals surface area contributed by atoms with Crippen LogP contribution < -0.4 is 16.6 Å². The van der Waals surface area contributed by atoms with E-state index < -0.39 is 5.82 Å². The normalized spacial score (nSPS) is 24.5. The number of aliphatic imine (C=N–C) groups is 1. The number of nitrogens with two attached hydrogens (primary N) is 1. The van der Waals surface area contributed by atoms with Crippen LogP contribution in [0.25, 0.3) is 22.4 Å². The molecule has 5 atom stereocenters. The van der Waals surface area contributed by atoms with E-state index in [4.69, 9.17) is 27.3 Å². The Morgan fingerprint density at radius 2 is 1.94 bits per heavy atom. The Hall–Kier alpha value is -4.38. The Morgan fingerprint density at radius 1 is 1.15 bits per heavy atom. The van der Waals surface area contributed by atoms with Crippen LogP contribution in [0.2, 0.25) is 5.02 Å². The average molecular weight is 673 g/mol. The first-order valence-corrected chi connectivity index (χ1v) is 16.8. The number of amides is 1. The number of aromatic nitrogens is 4. The molecule has 2 aliphatic rings. The summed E-state index contributed by atoms with van der Waals surface area (Å²) < 4.78 is 16.1. The molecule has 1 saturated heterocycles. The lowest BCUT2D eigenvalue weighted by Gasteiger charge is -2.53. The monoisotopic (exact) mass is 672 g/mol. The molecule has 48 heavy (non-hydrogen) atoms. The zero-order valence-electron chi connectivity index (χ0n) is 28.0. The van der Waals surface area contributed by atoms with Gasteiger partial charge in [-0.1, -0.05) is 45.4 Å². The summed E-state index contributed by atoms with van der Waals surface area (Å²) in [5, 5.41) is 3.82. The van der Waals surface area contributed by atoms with E-state index in [0.717, 1.165) is 12.8 Å². The molecule has 1 unspecified atom stereocenters. The first-order valence-electron chi connectivity index (χ1n) is 16.5. The SMILES string of the molecule is C[C@@H]1CC([C@@H]2[C@H](C)NC(=O)CN2C(N)=Nc2ccc3c(=O)n(CCc4ccc(Cl)cc4F)c(-c4cnccn4)nc3c2)[C@@H](C)C(C)(C)C1. The first kappa shape index (κ1) is 33.5. The molecule has 1 aliphatic carbocycles. The summed E-state index contributed by atoms with van der Waals surface area (Å²) in [4.78, 5) is 46.8. The Kier molecular flexibility index (Phi) is 9.26. The van der Waals surface area contributed by atoms with Gasteiger partial charge in [-0.15, -0.1) is 0 Å². The van der Waals surface area contributed by atoms with Crippen molar-refractivity contribution in [2.24, 2.45) is 33.9 Å².